The van der Waals surface area contributed by atoms with Crippen LogP contribution in [0.5, 0.6) is 0 Å². The number of aliphatic carboxylic acids is 1. The number of benzene rings is 1. The van der Waals surface area contributed by atoms with Crippen LogP contribution in [-0.2, 0) is 22.6 Å². The summed E-state index contributed by atoms with van der Waals surface area (Å²) in [6, 6.07) is 5.83. The van der Waals surface area contributed by atoms with Crippen molar-refractivity contribution in [2.45, 2.75) is 32.3 Å². The molecule has 2 heterocycles. The Morgan fingerprint density at radius 1 is 1.27 bits per heavy atom. The summed E-state index contributed by atoms with van der Waals surface area (Å²) in [6.07, 6.45) is 2.54. The van der Waals surface area contributed by atoms with Crippen molar-refractivity contribution in [1.82, 2.24) is 4.90 Å². The van der Waals surface area contributed by atoms with E-state index in [-0.39, 0.29) is 18.2 Å². The van der Waals surface area contributed by atoms with Gasteiger partial charge in [-0.05, 0) is 42.4 Å². The zero-order chi connectivity index (χ0) is 15.5. The molecule has 1 N–H and O–H groups in total. The minimum Gasteiger partial charge on any atom is -0.481 e. The third-order valence-electron chi connectivity index (χ3n) is 4.62. The van der Waals surface area contributed by atoms with Gasteiger partial charge in [0.15, 0.2) is 0 Å². The number of piperidine rings is 1. The van der Waals surface area contributed by atoms with E-state index in [9.17, 15) is 9.59 Å². The van der Waals surface area contributed by atoms with Gasteiger partial charge in [-0.25, -0.2) is 0 Å². The van der Waals surface area contributed by atoms with E-state index in [1.807, 2.05) is 23.1 Å². The number of fused-ring (bicyclic) bond motifs is 1. The van der Waals surface area contributed by atoms with Gasteiger partial charge in [0.05, 0.1) is 13.2 Å². The summed E-state index contributed by atoms with van der Waals surface area (Å²) in [4.78, 5) is 25.4. The van der Waals surface area contributed by atoms with Gasteiger partial charge in [0.1, 0.15) is 0 Å². The second-order valence-corrected chi connectivity index (χ2v) is 6.08. The molecule has 22 heavy (non-hydrogen) atoms. The van der Waals surface area contributed by atoms with Gasteiger partial charge in [0.25, 0.3) is 5.91 Å². The average Bonchev–Trinajstić information content (AvgIpc) is 2.54. The van der Waals surface area contributed by atoms with E-state index in [2.05, 4.69) is 0 Å². The van der Waals surface area contributed by atoms with Crippen molar-refractivity contribution in [2.24, 2.45) is 5.92 Å². The van der Waals surface area contributed by atoms with Crippen LogP contribution in [0.4, 0.5) is 0 Å². The van der Waals surface area contributed by atoms with Crippen LogP contribution in [0.15, 0.2) is 18.2 Å². The molecule has 1 saturated heterocycles. The smallest absolute Gasteiger partial charge is 0.303 e. The number of carbonyl (C=O) groups is 2. The SMILES string of the molecule is O=C(O)CC1CCN(C(=O)c2cccc3c2CCOC3)CC1. The normalized spacial score (nSPS) is 18.8. The summed E-state index contributed by atoms with van der Waals surface area (Å²) >= 11 is 0. The van der Waals surface area contributed by atoms with E-state index in [1.54, 1.807) is 0 Å². The van der Waals surface area contributed by atoms with E-state index in [0.717, 1.165) is 36.0 Å². The Hall–Kier alpha value is -1.88. The number of ether oxygens (including phenoxy) is 1. The molecular weight excluding hydrogens is 282 g/mol. The predicted molar refractivity (Wildman–Crippen MR) is 80.7 cm³/mol. The molecule has 1 aromatic carbocycles. The molecule has 0 bridgehead atoms. The first-order chi connectivity index (χ1) is 10.6. The number of carboxylic acids is 1. The topological polar surface area (TPSA) is 66.8 Å². The second kappa shape index (κ2) is 6.48. The van der Waals surface area contributed by atoms with Crippen LogP contribution < -0.4 is 0 Å². The Morgan fingerprint density at radius 3 is 2.77 bits per heavy atom. The summed E-state index contributed by atoms with van der Waals surface area (Å²) in [6.45, 7) is 2.54. The van der Waals surface area contributed by atoms with Crippen LogP contribution in [0.25, 0.3) is 0 Å². The Labute approximate surface area is 129 Å². The van der Waals surface area contributed by atoms with Crippen LogP contribution in [-0.4, -0.2) is 41.6 Å². The highest BCUT2D eigenvalue weighted by Crippen LogP contribution is 2.25. The van der Waals surface area contributed by atoms with Crippen molar-refractivity contribution in [1.29, 1.82) is 0 Å². The number of nitrogens with zero attached hydrogens (tertiary/aromatic N) is 1. The van der Waals surface area contributed by atoms with E-state index in [0.29, 0.717) is 26.3 Å². The second-order valence-electron chi connectivity index (χ2n) is 6.08. The summed E-state index contributed by atoms with van der Waals surface area (Å²) in [5.41, 5.74) is 3.02. The number of amides is 1. The summed E-state index contributed by atoms with van der Waals surface area (Å²) in [5, 5.41) is 8.86. The Kier molecular flexibility index (Phi) is 4.43. The van der Waals surface area contributed by atoms with Gasteiger partial charge < -0.3 is 14.7 Å². The maximum atomic E-state index is 12.8. The van der Waals surface area contributed by atoms with Gasteiger partial charge in [-0.1, -0.05) is 12.1 Å². The lowest BCUT2D eigenvalue weighted by atomic mass is 9.92. The summed E-state index contributed by atoms with van der Waals surface area (Å²) in [5.74, 6) is -0.478. The molecular formula is C17H21NO4. The molecule has 0 spiro atoms. The molecule has 1 aromatic rings. The minimum absolute atomic E-state index is 0.0764. The lowest BCUT2D eigenvalue weighted by Crippen LogP contribution is -2.39. The fourth-order valence-corrected chi connectivity index (χ4v) is 3.38. The summed E-state index contributed by atoms with van der Waals surface area (Å²) in [7, 11) is 0. The first-order valence-electron chi connectivity index (χ1n) is 7.84. The monoisotopic (exact) mass is 303 g/mol. The zero-order valence-corrected chi connectivity index (χ0v) is 12.6. The molecule has 0 saturated carbocycles. The predicted octanol–water partition coefficient (Wildman–Crippen LogP) is 2.09. The van der Waals surface area contributed by atoms with Gasteiger partial charge >= 0.3 is 5.97 Å². The van der Waals surface area contributed by atoms with Crippen molar-refractivity contribution < 1.29 is 19.4 Å². The number of hydrogen-bond acceptors (Lipinski definition) is 3. The molecule has 1 amide bonds. The quantitative estimate of drug-likeness (QED) is 0.928. The molecule has 0 atom stereocenters. The third-order valence-corrected chi connectivity index (χ3v) is 4.62. The first-order valence-corrected chi connectivity index (χ1v) is 7.84. The van der Waals surface area contributed by atoms with Gasteiger partial charge in [-0.3, -0.25) is 9.59 Å². The number of rotatable bonds is 3. The minimum atomic E-state index is -0.748. The van der Waals surface area contributed by atoms with Crippen LogP contribution >= 0.6 is 0 Å². The van der Waals surface area contributed by atoms with Gasteiger partial charge in [0, 0.05) is 25.1 Å². The molecule has 2 aliphatic rings. The Morgan fingerprint density at radius 2 is 2.05 bits per heavy atom. The van der Waals surface area contributed by atoms with Crippen molar-refractivity contribution in [3.05, 3.63) is 34.9 Å². The molecule has 0 aliphatic carbocycles. The van der Waals surface area contributed by atoms with Crippen LogP contribution in [0.3, 0.4) is 0 Å². The highest BCUT2D eigenvalue weighted by molar-refractivity contribution is 5.96. The number of carboxylic acid groups (broad SMARTS) is 1. The zero-order valence-electron chi connectivity index (χ0n) is 12.6. The third kappa shape index (κ3) is 3.14. The van der Waals surface area contributed by atoms with Gasteiger partial charge in [0.2, 0.25) is 0 Å². The van der Waals surface area contributed by atoms with Crippen molar-refractivity contribution >= 4 is 11.9 Å². The number of carbonyl (C=O) groups excluding carboxylic acids is 1. The molecule has 118 valence electrons. The lowest BCUT2D eigenvalue weighted by Gasteiger charge is -2.32. The van der Waals surface area contributed by atoms with E-state index in [1.165, 1.54) is 0 Å². The summed E-state index contributed by atoms with van der Waals surface area (Å²) < 4.78 is 5.45. The number of hydrogen-bond donors (Lipinski definition) is 1. The molecule has 5 nitrogen and oxygen atoms in total. The molecule has 0 radical (unpaired) electrons. The molecule has 0 unspecified atom stereocenters. The Balaban J connectivity index is 1.69. The fraction of sp³-hybridized carbons (Fsp3) is 0.529. The molecule has 5 heteroatoms. The van der Waals surface area contributed by atoms with Gasteiger partial charge in [-0.2, -0.15) is 0 Å². The largest absolute Gasteiger partial charge is 0.481 e. The van der Waals surface area contributed by atoms with Crippen LogP contribution in [0.2, 0.25) is 0 Å². The van der Waals surface area contributed by atoms with Crippen molar-refractivity contribution in [3.63, 3.8) is 0 Å². The lowest BCUT2D eigenvalue weighted by molar-refractivity contribution is -0.138. The van der Waals surface area contributed by atoms with Crippen LogP contribution in [0.1, 0.15) is 40.7 Å². The highest BCUT2D eigenvalue weighted by atomic mass is 16.5. The fourth-order valence-electron chi connectivity index (χ4n) is 3.38. The maximum absolute atomic E-state index is 12.8. The average molecular weight is 303 g/mol. The van der Waals surface area contributed by atoms with Gasteiger partial charge in [-0.15, -0.1) is 0 Å². The molecule has 3 rings (SSSR count). The molecule has 1 fully saturated rings. The molecule has 0 aromatic heterocycles. The first kappa shape index (κ1) is 15.0. The molecule has 2 aliphatic heterocycles. The van der Waals surface area contributed by atoms with Crippen LogP contribution in [0, 0.1) is 5.92 Å². The highest BCUT2D eigenvalue weighted by Gasteiger charge is 2.27. The standard InChI is InChI=1S/C17H21NO4/c19-16(20)10-12-4-7-18(8-5-12)17(21)15-3-1-2-13-11-22-9-6-14(13)15/h1-3,12H,4-11H2,(H,19,20). The number of likely N-dealkylation sites (tertiary alicyclic amines) is 1. The van der Waals surface area contributed by atoms with E-state index >= 15 is 0 Å². The van der Waals surface area contributed by atoms with E-state index < -0.39 is 5.97 Å². The van der Waals surface area contributed by atoms with E-state index in [4.69, 9.17) is 9.84 Å². The Bertz CT molecular complexity index is 576. The van der Waals surface area contributed by atoms with Crippen molar-refractivity contribution in [2.75, 3.05) is 19.7 Å². The van der Waals surface area contributed by atoms with Crippen molar-refractivity contribution in [3.8, 4) is 0 Å². The maximum Gasteiger partial charge on any atom is 0.303 e.